The van der Waals surface area contributed by atoms with Crippen LogP contribution in [0.4, 0.5) is 0 Å². The highest BCUT2D eigenvalue weighted by Crippen LogP contribution is 2.40. The molecule has 0 spiro atoms. The molecule has 0 aliphatic carbocycles. The van der Waals surface area contributed by atoms with Crippen LogP contribution in [0.15, 0.2) is 30.3 Å². The lowest BCUT2D eigenvalue weighted by Gasteiger charge is -2.11. The SMILES string of the molecule is O=C(O)Cc1cccc(-c2cc(Cl)cc(Cl)c2Cl)c1Cl. The van der Waals surface area contributed by atoms with E-state index in [1.54, 1.807) is 24.3 Å². The number of hydrogen-bond donors (Lipinski definition) is 1. The molecule has 0 aliphatic rings. The standard InChI is InChI=1S/C14H8Cl4O2/c15-8-5-10(14(18)11(16)6-8)9-3-1-2-7(13(9)17)4-12(19)20/h1-3,5-6H,4H2,(H,19,20). The van der Waals surface area contributed by atoms with E-state index in [1.165, 1.54) is 6.07 Å². The second-order valence-electron chi connectivity index (χ2n) is 4.10. The van der Waals surface area contributed by atoms with Crippen LogP contribution in [0.3, 0.4) is 0 Å². The van der Waals surface area contributed by atoms with Crippen molar-refractivity contribution >= 4 is 52.4 Å². The van der Waals surface area contributed by atoms with Crippen molar-refractivity contribution in [2.45, 2.75) is 6.42 Å². The highest BCUT2D eigenvalue weighted by molar-refractivity contribution is 6.45. The first-order valence-electron chi connectivity index (χ1n) is 5.54. The lowest BCUT2D eigenvalue weighted by molar-refractivity contribution is -0.136. The van der Waals surface area contributed by atoms with Gasteiger partial charge in [0.15, 0.2) is 0 Å². The average molecular weight is 350 g/mol. The van der Waals surface area contributed by atoms with E-state index >= 15 is 0 Å². The summed E-state index contributed by atoms with van der Waals surface area (Å²) in [5.74, 6) is -0.959. The van der Waals surface area contributed by atoms with E-state index in [0.29, 0.717) is 36.8 Å². The van der Waals surface area contributed by atoms with E-state index < -0.39 is 5.97 Å². The van der Waals surface area contributed by atoms with Gasteiger partial charge in [0.05, 0.1) is 21.5 Å². The summed E-state index contributed by atoms with van der Waals surface area (Å²) in [7, 11) is 0. The molecule has 2 rings (SSSR count). The summed E-state index contributed by atoms with van der Waals surface area (Å²) in [5.41, 5.74) is 1.67. The largest absolute Gasteiger partial charge is 0.481 e. The molecule has 0 fully saturated rings. The second kappa shape index (κ2) is 6.23. The number of benzene rings is 2. The summed E-state index contributed by atoms with van der Waals surface area (Å²) >= 11 is 24.4. The summed E-state index contributed by atoms with van der Waals surface area (Å²) in [6, 6.07) is 8.28. The van der Waals surface area contributed by atoms with Gasteiger partial charge in [-0.1, -0.05) is 64.6 Å². The summed E-state index contributed by atoms with van der Waals surface area (Å²) in [6.07, 6.45) is -0.168. The Labute approximate surface area is 135 Å². The maximum atomic E-state index is 10.8. The Balaban J connectivity index is 2.62. The van der Waals surface area contributed by atoms with Crippen molar-refractivity contribution < 1.29 is 9.90 Å². The van der Waals surface area contributed by atoms with Gasteiger partial charge < -0.3 is 5.11 Å². The van der Waals surface area contributed by atoms with Crippen LogP contribution in [0.5, 0.6) is 0 Å². The predicted molar refractivity (Wildman–Crippen MR) is 83.3 cm³/mol. The first kappa shape index (κ1) is 15.5. The minimum absolute atomic E-state index is 0.168. The van der Waals surface area contributed by atoms with Crippen molar-refractivity contribution in [2.24, 2.45) is 0 Å². The Kier molecular flexibility index (Phi) is 4.82. The molecule has 0 atom stereocenters. The van der Waals surface area contributed by atoms with E-state index in [9.17, 15) is 4.79 Å². The number of halogens is 4. The summed E-state index contributed by atoms with van der Waals surface area (Å²) in [4.78, 5) is 10.8. The zero-order valence-corrected chi connectivity index (χ0v) is 13.0. The third-order valence-corrected chi connectivity index (χ3v) is 4.17. The number of aliphatic carboxylic acids is 1. The summed E-state index contributed by atoms with van der Waals surface area (Å²) < 4.78 is 0. The first-order chi connectivity index (χ1) is 9.40. The molecule has 2 aromatic carbocycles. The molecule has 2 aromatic rings. The van der Waals surface area contributed by atoms with E-state index in [0.717, 1.165) is 0 Å². The van der Waals surface area contributed by atoms with Crippen LogP contribution in [0.2, 0.25) is 20.1 Å². The molecule has 1 N–H and O–H groups in total. The van der Waals surface area contributed by atoms with Gasteiger partial charge >= 0.3 is 5.97 Å². The Hall–Kier alpha value is -0.930. The van der Waals surface area contributed by atoms with Gasteiger partial charge in [0.25, 0.3) is 0 Å². The third-order valence-electron chi connectivity index (χ3n) is 2.70. The normalized spacial score (nSPS) is 10.6. The molecule has 2 nitrogen and oxygen atoms in total. The average Bonchev–Trinajstić information content (AvgIpc) is 2.36. The number of carbonyl (C=O) groups is 1. The van der Waals surface area contributed by atoms with Crippen LogP contribution < -0.4 is 0 Å². The highest BCUT2D eigenvalue weighted by Gasteiger charge is 2.15. The van der Waals surface area contributed by atoms with Crippen molar-refractivity contribution in [3.63, 3.8) is 0 Å². The smallest absolute Gasteiger partial charge is 0.307 e. The molecule has 0 amide bonds. The molecular weight excluding hydrogens is 342 g/mol. The van der Waals surface area contributed by atoms with Crippen molar-refractivity contribution in [3.05, 3.63) is 56.0 Å². The highest BCUT2D eigenvalue weighted by atomic mass is 35.5. The van der Waals surface area contributed by atoms with E-state index in [-0.39, 0.29) is 6.42 Å². The van der Waals surface area contributed by atoms with Gasteiger partial charge in [-0.15, -0.1) is 0 Å². The molecule has 0 radical (unpaired) electrons. The molecule has 0 aliphatic heterocycles. The van der Waals surface area contributed by atoms with Crippen LogP contribution in [-0.2, 0) is 11.2 Å². The molecule has 0 saturated carbocycles. The minimum atomic E-state index is -0.959. The van der Waals surface area contributed by atoms with Gasteiger partial charge in [0, 0.05) is 16.1 Å². The maximum absolute atomic E-state index is 10.8. The first-order valence-corrected chi connectivity index (χ1v) is 7.05. The van der Waals surface area contributed by atoms with E-state index in [4.69, 9.17) is 51.5 Å². The zero-order valence-electron chi connectivity index (χ0n) is 9.96. The fraction of sp³-hybridized carbons (Fsp3) is 0.0714. The van der Waals surface area contributed by atoms with Gasteiger partial charge in [-0.3, -0.25) is 4.79 Å². The predicted octanol–water partition coefficient (Wildman–Crippen LogP) is 5.59. The molecule has 0 saturated heterocycles. The Morgan fingerprint density at radius 1 is 1.00 bits per heavy atom. The van der Waals surface area contributed by atoms with Crippen molar-refractivity contribution in [1.29, 1.82) is 0 Å². The van der Waals surface area contributed by atoms with E-state index in [1.807, 2.05) is 0 Å². The fourth-order valence-corrected chi connectivity index (χ4v) is 2.84. The molecule has 0 unspecified atom stereocenters. The number of rotatable bonds is 3. The molecule has 104 valence electrons. The van der Waals surface area contributed by atoms with Crippen molar-refractivity contribution in [1.82, 2.24) is 0 Å². The van der Waals surface area contributed by atoms with Crippen LogP contribution in [0.1, 0.15) is 5.56 Å². The van der Waals surface area contributed by atoms with Gasteiger partial charge in [-0.25, -0.2) is 0 Å². The topological polar surface area (TPSA) is 37.3 Å². The zero-order chi connectivity index (χ0) is 14.9. The van der Waals surface area contributed by atoms with Gasteiger partial charge in [0.2, 0.25) is 0 Å². The van der Waals surface area contributed by atoms with Gasteiger partial charge in [0.1, 0.15) is 0 Å². The molecular formula is C14H8Cl4O2. The quantitative estimate of drug-likeness (QED) is 0.733. The minimum Gasteiger partial charge on any atom is -0.481 e. The number of hydrogen-bond acceptors (Lipinski definition) is 1. The van der Waals surface area contributed by atoms with Crippen LogP contribution in [-0.4, -0.2) is 11.1 Å². The molecule has 0 bridgehead atoms. The molecule has 6 heteroatoms. The van der Waals surface area contributed by atoms with Crippen LogP contribution >= 0.6 is 46.4 Å². The molecule has 0 heterocycles. The van der Waals surface area contributed by atoms with Gasteiger partial charge in [-0.2, -0.15) is 0 Å². The van der Waals surface area contributed by atoms with Gasteiger partial charge in [-0.05, 0) is 17.7 Å². The van der Waals surface area contributed by atoms with Crippen molar-refractivity contribution in [3.8, 4) is 11.1 Å². The maximum Gasteiger partial charge on any atom is 0.307 e. The lowest BCUT2D eigenvalue weighted by atomic mass is 10.0. The number of carboxylic acids is 1. The fourth-order valence-electron chi connectivity index (χ4n) is 1.84. The van der Waals surface area contributed by atoms with E-state index in [2.05, 4.69) is 0 Å². The van der Waals surface area contributed by atoms with Crippen LogP contribution in [0, 0.1) is 0 Å². The monoisotopic (exact) mass is 348 g/mol. The van der Waals surface area contributed by atoms with Crippen LogP contribution in [0.25, 0.3) is 11.1 Å². The summed E-state index contributed by atoms with van der Waals surface area (Å²) in [5, 5.41) is 10.3. The summed E-state index contributed by atoms with van der Waals surface area (Å²) in [6.45, 7) is 0. The third kappa shape index (κ3) is 3.21. The Bertz CT molecular complexity index is 683. The second-order valence-corrected chi connectivity index (χ2v) is 5.70. The molecule has 0 aromatic heterocycles. The number of carboxylic acid groups (broad SMARTS) is 1. The Morgan fingerprint density at radius 3 is 2.35 bits per heavy atom. The van der Waals surface area contributed by atoms with Crippen molar-refractivity contribution in [2.75, 3.05) is 0 Å². The lowest BCUT2D eigenvalue weighted by Crippen LogP contribution is -2.01. The Morgan fingerprint density at radius 2 is 1.70 bits per heavy atom. The molecule has 20 heavy (non-hydrogen) atoms.